The molecule has 0 aliphatic rings. The molecule has 0 heterocycles. The quantitative estimate of drug-likeness (QED) is 0.254. The molecule has 0 aliphatic carbocycles. The Morgan fingerprint density at radius 1 is 0.857 bits per heavy atom. The average molecular weight is 428 g/mol. The molecule has 0 amide bonds. The van der Waals surface area contributed by atoms with Crippen LogP contribution in [0.5, 0.6) is 23.0 Å². The second-order valence-corrected chi connectivity index (χ2v) is 6.10. The van der Waals surface area contributed by atoms with Crippen LogP contribution in [0, 0.1) is 5.82 Å². The molecule has 7 nitrogen and oxygen atoms in total. The molecule has 0 fully saturated rings. The van der Waals surface area contributed by atoms with Gasteiger partial charge in [-0.1, -0.05) is 18.2 Å². The molecule has 2 aromatic carbocycles. The molecule has 0 atom stereocenters. The summed E-state index contributed by atoms with van der Waals surface area (Å²) >= 11 is 0. The van der Waals surface area contributed by atoms with Crippen LogP contribution in [-0.4, -0.2) is 21.3 Å². The van der Waals surface area contributed by atoms with Crippen molar-refractivity contribution in [2.75, 3.05) is 21.3 Å². The standard InChI is InChI=1S/C17H18FO7P.2Na/c1-22-14-7-6-11(9-15(14)25-26(19,20)21)4-5-12-8-13(18)17(24-3)16(10-12)23-2;;/h4-10H,1-3H3,(H2,19,20,21);;/q;2*+1/p-2/b5-4-;;. The minimum atomic E-state index is -5.24. The van der Waals surface area contributed by atoms with Crippen molar-refractivity contribution >= 4 is 20.0 Å². The van der Waals surface area contributed by atoms with Gasteiger partial charge in [-0.3, -0.25) is 0 Å². The number of methoxy groups -OCH3 is 3. The second kappa shape index (κ2) is 12.2. The summed E-state index contributed by atoms with van der Waals surface area (Å²) in [5, 5.41) is 0. The Kier molecular flexibility index (Phi) is 12.0. The molecular formula is C17H16FNa2O7P. The molecule has 2 aromatic rings. The van der Waals surface area contributed by atoms with Crippen molar-refractivity contribution in [2.24, 2.45) is 0 Å². The molecular weight excluding hydrogens is 412 g/mol. The maximum Gasteiger partial charge on any atom is 1.00 e. The van der Waals surface area contributed by atoms with Crippen molar-refractivity contribution in [3.8, 4) is 23.0 Å². The van der Waals surface area contributed by atoms with E-state index in [4.69, 9.17) is 14.2 Å². The van der Waals surface area contributed by atoms with Crippen LogP contribution in [0.25, 0.3) is 12.2 Å². The summed E-state index contributed by atoms with van der Waals surface area (Å²) in [5.41, 5.74) is 0.987. The fourth-order valence-corrected chi connectivity index (χ4v) is 2.60. The Morgan fingerprint density at radius 2 is 1.43 bits per heavy atom. The zero-order valence-electron chi connectivity index (χ0n) is 16.2. The summed E-state index contributed by atoms with van der Waals surface area (Å²) in [5.74, 6) is -0.521. The molecule has 0 aromatic heterocycles. The number of phosphoric acid groups is 1. The molecule has 11 heteroatoms. The molecule has 0 N–H and O–H groups in total. The van der Waals surface area contributed by atoms with Gasteiger partial charge in [-0.2, -0.15) is 0 Å². The van der Waals surface area contributed by atoms with E-state index < -0.39 is 13.6 Å². The first-order valence-corrected chi connectivity index (χ1v) is 8.72. The van der Waals surface area contributed by atoms with Gasteiger partial charge in [0.1, 0.15) is 7.82 Å². The van der Waals surface area contributed by atoms with Gasteiger partial charge in [0.25, 0.3) is 0 Å². The third-order valence-corrected chi connectivity index (χ3v) is 3.74. The van der Waals surface area contributed by atoms with Crippen molar-refractivity contribution in [3.05, 3.63) is 47.3 Å². The summed E-state index contributed by atoms with van der Waals surface area (Å²) in [4.78, 5) is 21.7. The van der Waals surface area contributed by atoms with Crippen LogP contribution in [0.1, 0.15) is 11.1 Å². The van der Waals surface area contributed by atoms with Crippen LogP contribution in [0.3, 0.4) is 0 Å². The van der Waals surface area contributed by atoms with Crippen molar-refractivity contribution in [2.45, 2.75) is 0 Å². The fraction of sp³-hybridized carbons (Fsp3) is 0.176. The molecule has 0 aliphatic heterocycles. The van der Waals surface area contributed by atoms with Crippen molar-refractivity contribution in [3.63, 3.8) is 0 Å². The van der Waals surface area contributed by atoms with Gasteiger partial charge in [-0.25, -0.2) is 4.39 Å². The van der Waals surface area contributed by atoms with E-state index in [0.717, 1.165) is 0 Å². The Balaban J connectivity index is 0.00000364. The maximum atomic E-state index is 14.0. The van der Waals surface area contributed by atoms with Crippen LogP contribution in [0.4, 0.5) is 4.39 Å². The predicted molar refractivity (Wildman–Crippen MR) is 89.7 cm³/mol. The number of hydrogen-bond acceptors (Lipinski definition) is 7. The Bertz CT molecular complexity index is 871. The van der Waals surface area contributed by atoms with Crippen LogP contribution in [0.2, 0.25) is 0 Å². The van der Waals surface area contributed by atoms with Gasteiger partial charge in [0.05, 0.1) is 21.3 Å². The third-order valence-electron chi connectivity index (χ3n) is 3.32. The minimum Gasteiger partial charge on any atom is -0.780 e. The van der Waals surface area contributed by atoms with E-state index in [1.807, 2.05) is 0 Å². The zero-order chi connectivity index (χ0) is 19.3. The predicted octanol–water partition coefficient (Wildman–Crippen LogP) is -3.76. The Labute approximate surface area is 206 Å². The van der Waals surface area contributed by atoms with Gasteiger partial charge < -0.3 is 33.1 Å². The van der Waals surface area contributed by atoms with E-state index >= 15 is 0 Å². The third kappa shape index (κ3) is 7.71. The summed E-state index contributed by atoms with van der Waals surface area (Å²) in [6.07, 6.45) is 3.15. The summed E-state index contributed by atoms with van der Waals surface area (Å²) in [7, 11) is -1.20. The maximum absolute atomic E-state index is 14.0. The van der Waals surface area contributed by atoms with E-state index in [9.17, 15) is 18.7 Å². The van der Waals surface area contributed by atoms with Crippen molar-refractivity contribution in [1.29, 1.82) is 0 Å². The van der Waals surface area contributed by atoms with E-state index in [0.29, 0.717) is 11.1 Å². The summed E-state index contributed by atoms with van der Waals surface area (Å²) in [6, 6.07) is 7.19. The monoisotopic (exact) mass is 428 g/mol. The summed E-state index contributed by atoms with van der Waals surface area (Å²) < 4.78 is 44.2. The molecule has 2 rings (SSSR count). The molecule has 0 spiro atoms. The number of ether oxygens (including phenoxy) is 3. The van der Waals surface area contributed by atoms with Gasteiger partial charge in [0, 0.05) is 0 Å². The average Bonchev–Trinajstić information content (AvgIpc) is 2.58. The Hall–Kier alpha value is -0.540. The van der Waals surface area contributed by atoms with Gasteiger partial charge in [-0.15, -0.1) is 0 Å². The summed E-state index contributed by atoms with van der Waals surface area (Å²) in [6.45, 7) is 0. The largest absolute Gasteiger partial charge is 1.00 e. The second-order valence-electron chi connectivity index (χ2n) is 5.02. The first-order valence-electron chi connectivity index (χ1n) is 7.26. The van der Waals surface area contributed by atoms with Crippen molar-refractivity contribution < 1.29 is 96.6 Å². The van der Waals surface area contributed by atoms with E-state index in [1.54, 1.807) is 24.3 Å². The molecule has 0 saturated heterocycles. The number of phosphoric ester groups is 1. The van der Waals surface area contributed by atoms with Gasteiger partial charge >= 0.3 is 59.1 Å². The first kappa shape index (κ1) is 27.5. The molecule has 0 saturated carbocycles. The van der Waals surface area contributed by atoms with Gasteiger partial charge in [-0.05, 0) is 35.4 Å². The van der Waals surface area contributed by atoms with Crippen LogP contribution < -0.4 is 87.6 Å². The van der Waals surface area contributed by atoms with Gasteiger partial charge in [0.2, 0.25) is 0 Å². The van der Waals surface area contributed by atoms with Crippen LogP contribution in [-0.2, 0) is 4.57 Å². The Morgan fingerprint density at radius 3 is 1.96 bits per heavy atom. The number of rotatable bonds is 7. The van der Waals surface area contributed by atoms with Crippen LogP contribution >= 0.6 is 7.82 Å². The zero-order valence-corrected chi connectivity index (χ0v) is 21.1. The van der Waals surface area contributed by atoms with Crippen molar-refractivity contribution in [1.82, 2.24) is 0 Å². The number of benzene rings is 2. The topological polar surface area (TPSA) is 100 Å². The SMILES string of the molecule is COc1ccc(/C=C\c2cc(F)c(OC)c(OC)c2)cc1OP(=O)([O-])[O-].[Na+].[Na+]. The number of hydrogen-bond donors (Lipinski definition) is 0. The molecule has 140 valence electrons. The van der Waals surface area contributed by atoms with E-state index in [-0.39, 0.29) is 82.1 Å². The van der Waals surface area contributed by atoms with E-state index in [1.165, 1.54) is 39.5 Å². The molecule has 28 heavy (non-hydrogen) atoms. The normalized spacial score (nSPS) is 10.6. The van der Waals surface area contributed by atoms with Crippen LogP contribution in [0.15, 0.2) is 30.3 Å². The molecule has 0 radical (unpaired) electrons. The van der Waals surface area contributed by atoms with E-state index in [2.05, 4.69) is 4.52 Å². The smallest absolute Gasteiger partial charge is 0.780 e. The fourth-order valence-electron chi connectivity index (χ4n) is 2.22. The minimum absolute atomic E-state index is 0. The van der Waals surface area contributed by atoms with Gasteiger partial charge in [0.15, 0.2) is 28.8 Å². The number of halogens is 1. The first-order chi connectivity index (χ1) is 12.3. The molecule has 0 unspecified atom stereocenters. The molecule has 0 bridgehead atoms.